The highest BCUT2D eigenvalue weighted by molar-refractivity contribution is 4.87. The van der Waals surface area contributed by atoms with Crippen molar-refractivity contribution in [3.63, 3.8) is 0 Å². The van der Waals surface area contributed by atoms with Crippen molar-refractivity contribution < 1.29 is 9.47 Å². The molecule has 0 aromatic heterocycles. The SMILES string of the molecule is COCCCNCCC1(CCOC)CCC1. The molecule has 0 spiro atoms. The molecule has 0 saturated heterocycles. The summed E-state index contributed by atoms with van der Waals surface area (Å²) in [6, 6.07) is 0. The Morgan fingerprint density at radius 1 is 1.00 bits per heavy atom. The number of hydrogen-bond donors (Lipinski definition) is 1. The summed E-state index contributed by atoms with van der Waals surface area (Å²) in [6.07, 6.45) is 7.87. The van der Waals surface area contributed by atoms with Crippen LogP contribution in [0.25, 0.3) is 0 Å². The molecule has 1 fully saturated rings. The van der Waals surface area contributed by atoms with Crippen LogP contribution in [0.2, 0.25) is 0 Å². The van der Waals surface area contributed by atoms with E-state index in [1.54, 1.807) is 14.2 Å². The van der Waals surface area contributed by atoms with E-state index in [-0.39, 0.29) is 0 Å². The van der Waals surface area contributed by atoms with Gasteiger partial charge in [-0.2, -0.15) is 0 Å². The van der Waals surface area contributed by atoms with Crippen molar-refractivity contribution in [2.24, 2.45) is 5.41 Å². The number of methoxy groups -OCH3 is 2. The Balaban J connectivity index is 2.00. The molecule has 1 N–H and O–H groups in total. The number of hydrogen-bond acceptors (Lipinski definition) is 3. The van der Waals surface area contributed by atoms with Crippen LogP contribution in [0.3, 0.4) is 0 Å². The molecule has 0 unspecified atom stereocenters. The Labute approximate surface area is 99.9 Å². The van der Waals surface area contributed by atoms with Crippen LogP contribution in [0, 0.1) is 5.41 Å². The van der Waals surface area contributed by atoms with Gasteiger partial charge in [-0.05, 0) is 50.6 Å². The van der Waals surface area contributed by atoms with Crippen molar-refractivity contribution >= 4 is 0 Å². The summed E-state index contributed by atoms with van der Waals surface area (Å²) in [7, 11) is 3.56. The summed E-state index contributed by atoms with van der Waals surface area (Å²) >= 11 is 0. The third kappa shape index (κ3) is 4.81. The summed E-state index contributed by atoms with van der Waals surface area (Å²) in [6.45, 7) is 4.01. The van der Waals surface area contributed by atoms with Crippen molar-refractivity contribution in [3.8, 4) is 0 Å². The third-order valence-electron chi connectivity index (χ3n) is 3.78. The summed E-state index contributed by atoms with van der Waals surface area (Å²) < 4.78 is 10.2. The van der Waals surface area contributed by atoms with Crippen LogP contribution < -0.4 is 5.32 Å². The molecule has 1 rings (SSSR count). The van der Waals surface area contributed by atoms with E-state index in [9.17, 15) is 0 Å². The highest BCUT2D eigenvalue weighted by Crippen LogP contribution is 2.46. The Bertz CT molecular complexity index is 169. The van der Waals surface area contributed by atoms with Crippen LogP contribution in [0.1, 0.15) is 38.5 Å². The van der Waals surface area contributed by atoms with Gasteiger partial charge in [-0.15, -0.1) is 0 Å². The molecule has 1 aliphatic rings. The molecule has 16 heavy (non-hydrogen) atoms. The fourth-order valence-electron chi connectivity index (χ4n) is 2.44. The van der Waals surface area contributed by atoms with Crippen molar-refractivity contribution in [1.29, 1.82) is 0 Å². The van der Waals surface area contributed by atoms with E-state index in [0.717, 1.165) is 32.7 Å². The van der Waals surface area contributed by atoms with E-state index in [0.29, 0.717) is 5.41 Å². The van der Waals surface area contributed by atoms with E-state index in [2.05, 4.69) is 5.32 Å². The second-order valence-electron chi connectivity index (χ2n) is 4.94. The fraction of sp³-hybridized carbons (Fsp3) is 1.00. The lowest BCUT2D eigenvalue weighted by Gasteiger charge is -2.42. The predicted octanol–water partition coefficient (Wildman–Crippen LogP) is 2.21. The van der Waals surface area contributed by atoms with Gasteiger partial charge in [-0.25, -0.2) is 0 Å². The number of nitrogens with one attached hydrogen (secondary N) is 1. The summed E-state index contributed by atoms with van der Waals surface area (Å²) in [5.41, 5.74) is 0.601. The van der Waals surface area contributed by atoms with Crippen molar-refractivity contribution in [1.82, 2.24) is 5.32 Å². The molecule has 1 saturated carbocycles. The number of rotatable bonds is 10. The first-order chi connectivity index (χ1) is 7.83. The molecule has 3 nitrogen and oxygen atoms in total. The molecule has 0 radical (unpaired) electrons. The normalized spacial score (nSPS) is 18.4. The lowest BCUT2D eigenvalue weighted by Crippen LogP contribution is -2.34. The second kappa shape index (κ2) is 8.04. The van der Waals surface area contributed by atoms with Gasteiger partial charge in [-0.3, -0.25) is 0 Å². The van der Waals surface area contributed by atoms with E-state index in [1.165, 1.54) is 32.1 Å². The van der Waals surface area contributed by atoms with E-state index >= 15 is 0 Å². The summed E-state index contributed by atoms with van der Waals surface area (Å²) in [5, 5.41) is 3.50. The molecule has 0 amide bonds. The lowest BCUT2D eigenvalue weighted by atomic mass is 9.65. The van der Waals surface area contributed by atoms with E-state index in [1.807, 2.05) is 0 Å². The highest BCUT2D eigenvalue weighted by Gasteiger charge is 2.35. The molecule has 0 atom stereocenters. The molecule has 0 heterocycles. The zero-order valence-electron chi connectivity index (χ0n) is 10.9. The zero-order chi connectivity index (χ0) is 11.7. The smallest absolute Gasteiger partial charge is 0.0474 e. The van der Waals surface area contributed by atoms with Crippen LogP contribution in [0.4, 0.5) is 0 Å². The molecule has 0 aromatic rings. The van der Waals surface area contributed by atoms with Gasteiger partial charge in [0.2, 0.25) is 0 Å². The fourth-order valence-corrected chi connectivity index (χ4v) is 2.44. The van der Waals surface area contributed by atoms with Crippen LogP contribution >= 0.6 is 0 Å². The minimum Gasteiger partial charge on any atom is -0.385 e. The van der Waals surface area contributed by atoms with Gasteiger partial charge >= 0.3 is 0 Å². The van der Waals surface area contributed by atoms with Crippen molar-refractivity contribution in [3.05, 3.63) is 0 Å². The van der Waals surface area contributed by atoms with Gasteiger partial charge in [0, 0.05) is 27.4 Å². The zero-order valence-corrected chi connectivity index (χ0v) is 10.9. The third-order valence-corrected chi connectivity index (χ3v) is 3.78. The molecule has 3 heteroatoms. The maximum atomic E-state index is 5.20. The Morgan fingerprint density at radius 3 is 2.31 bits per heavy atom. The lowest BCUT2D eigenvalue weighted by molar-refractivity contribution is 0.0614. The van der Waals surface area contributed by atoms with Gasteiger partial charge in [0.05, 0.1) is 0 Å². The van der Waals surface area contributed by atoms with Gasteiger partial charge in [0.15, 0.2) is 0 Å². The van der Waals surface area contributed by atoms with Gasteiger partial charge in [0.1, 0.15) is 0 Å². The Kier molecular flexibility index (Phi) is 7.01. The summed E-state index contributed by atoms with van der Waals surface area (Å²) in [5.74, 6) is 0. The molecule has 0 aromatic carbocycles. The summed E-state index contributed by atoms with van der Waals surface area (Å²) in [4.78, 5) is 0. The average Bonchev–Trinajstić information content (AvgIpc) is 2.25. The maximum Gasteiger partial charge on any atom is 0.0474 e. The van der Waals surface area contributed by atoms with Crippen molar-refractivity contribution in [2.75, 3.05) is 40.5 Å². The topological polar surface area (TPSA) is 30.5 Å². The highest BCUT2D eigenvalue weighted by atomic mass is 16.5. The van der Waals surface area contributed by atoms with Crippen LogP contribution in [-0.2, 0) is 9.47 Å². The van der Waals surface area contributed by atoms with Crippen LogP contribution in [0.5, 0.6) is 0 Å². The van der Waals surface area contributed by atoms with E-state index in [4.69, 9.17) is 9.47 Å². The van der Waals surface area contributed by atoms with Gasteiger partial charge < -0.3 is 14.8 Å². The van der Waals surface area contributed by atoms with Gasteiger partial charge in [0.25, 0.3) is 0 Å². The first-order valence-electron chi connectivity index (χ1n) is 6.52. The van der Waals surface area contributed by atoms with E-state index < -0.39 is 0 Å². The molecule has 1 aliphatic carbocycles. The first-order valence-corrected chi connectivity index (χ1v) is 6.52. The Hall–Kier alpha value is -0.120. The van der Waals surface area contributed by atoms with Crippen molar-refractivity contribution in [2.45, 2.75) is 38.5 Å². The average molecular weight is 229 g/mol. The number of ether oxygens (including phenoxy) is 2. The monoisotopic (exact) mass is 229 g/mol. The van der Waals surface area contributed by atoms with Crippen LogP contribution in [-0.4, -0.2) is 40.5 Å². The van der Waals surface area contributed by atoms with Crippen LogP contribution in [0.15, 0.2) is 0 Å². The standard InChI is InChI=1S/C13H27NO2/c1-15-11-4-9-14-10-7-13(5-3-6-13)8-12-16-2/h14H,3-12H2,1-2H3. The maximum absolute atomic E-state index is 5.20. The quantitative estimate of drug-likeness (QED) is 0.583. The second-order valence-corrected chi connectivity index (χ2v) is 4.94. The van der Waals surface area contributed by atoms with Gasteiger partial charge in [-0.1, -0.05) is 6.42 Å². The molecular formula is C13H27NO2. The minimum atomic E-state index is 0.601. The molecule has 0 aliphatic heterocycles. The largest absolute Gasteiger partial charge is 0.385 e. The molecule has 96 valence electrons. The Morgan fingerprint density at radius 2 is 1.75 bits per heavy atom. The minimum absolute atomic E-state index is 0.601. The molecular weight excluding hydrogens is 202 g/mol. The molecule has 0 bridgehead atoms. The first kappa shape index (κ1) is 13.9. The predicted molar refractivity (Wildman–Crippen MR) is 66.8 cm³/mol.